The fraction of sp³-hybridized carbons (Fsp3) is 0.261. The van der Waals surface area contributed by atoms with E-state index in [9.17, 15) is 39.6 Å². The molecule has 8 nitrogen and oxygen atoms in total. The lowest BCUT2D eigenvalue weighted by atomic mass is 9.95. The Morgan fingerprint density at radius 2 is 1.66 bits per heavy atom. The van der Waals surface area contributed by atoms with E-state index in [-0.39, 0.29) is 30.4 Å². The van der Waals surface area contributed by atoms with Crippen molar-refractivity contribution in [3.8, 4) is 11.1 Å². The first kappa shape index (κ1) is 27.3. The molecule has 0 aliphatic carbocycles. The molecule has 4 N–H and O–H groups in total. The fourth-order valence-corrected chi connectivity index (χ4v) is 4.88. The van der Waals surface area contributed by atoms with Crippen molar-refractivity contribution in [2.24, 2.45) is 10.9 Å². The van der Waals surface area contributed by atoms with E-state index in [1.54, 1.807) is 0 Å². The number of pyridine rings is 2. The van der Waals surface area contributed by atoms with E-state index in [4.69, 9.17) is 10.9 Å². The van der Waals surface area contributed by atoms with Crippen molar-refractivity contribution in [2.45, 2.75) is 29.7 Å². The quantitative estimate of drug-likeness (QED) is 0.456. The molecule has 38 heavy (non-hydrogen) atoms. The molecule has 0 spiro atoms. The molecule has 0 saturated carbocycles. The van der Waals surface area contributed by atoms with Crippen LogP contribution in [0.25, 0.3) is 11.1 Å². The third-order valence-corrected chi connectivity index (χ3v) is 6.93. The smallest absolute Gasteiger partial charge is 0.365 e. The van der Waals surface area contributed by atoms with Gasteiger partial charge in [0.25, 0.3) is 15.9 Å². The normalized spacial score (nSPS) is 16.6. The summed E-state index contributed by atoms with van der Waals surface area (Å²) in [6.45, 7) is 0.338. The number of nitrogens with two attached hydrogens (primary N) is 2. The topological polar surface area (TPSA) is 132 Å². The molecular formula is C23H19F6N5O3S. The second-order valence-corrected chi connectivity index (χ2v) is 10.1. The SMILES string of the molecule is NC(=O)c1c(N2CCC(c3ccc(C(F)(F)F)cc3)C2)ncc(C(F)(F)F)c1-c1ccnc(S(N)(=O)=O)c1. The molecule has 15 heteroatoms. The minimum absolute atomic E-state index is 0.127. The Hall–Kier alpha value is -3.72. The van der Waals surface area contributed by atoms with E-state index >= 15 is 0 Å². The molecule has 1 saturated heterocycles. The molecule has 1 atom stereocenters. The summed E-state index contributed by atoms with van der Waals surface area (Å²) in [6.07, 6.45) is -7.65. The van der Waals surface area contributed by atoms with E-state index in [0.29, 0.717) is 18.2 Å². The molecule has 1 unspecified atom stereocenters. The summed E-state index contributed by atoms with van der Waals surface area (Å²) in [5.74, 6) is -1.73. The molecular weight excluding hydrogens is 540 g/mol. The van der Waals surface area contributed by atoms with E-state index in [2.05, 4.69) is 9.97 Å². The number of benzene rings is 1. The second-order valence-electron chi connectivity index (χ2n) is 8.59. The maximum atomic E-state index is 14.0. The molecule has 0 bridgehead atoms. The van der Waals surface area contributed by atoms with Crippen LogP contribution in [0.3, 0.4) is 0 Å². The molecule has 0 radical (unpaired) electrons. The van der Waals surface area contributed by atoms with Crippen molar-refractivity contribution in [1.82, 2.24) is 9.97 Å². The van der Waals surface area contributed by atoms with Crippen LogP contribution in [0.1, 0.15) is 39.4 Å². The van der Waals surface area contributed by atoms with Crippen molar-refractivity contribution in [2.75, 3.05) is 18.0 Å². The number of primary amides is 1. The zero-order valence-corrected chi connectivity index (χ0v) is 20.0. The van der Waals surface area contributed by atoms with Crippen LogP contribution in [0.2, 0.25) is 0 Å². The van der Waals surface area contributed by atoms with Crippen molar-refractivity contribution in [3.63, 3.8) is 0 Å². The first-order chi connectivity index (χ1) is 17.6. The minimum atomic E-state index is -5.00. The third kappa shape index (κ3) is 5.43. The summed E-state index contributed by atoms with van der Waals surface area (Å²) in [5.41, 5.74) is 2.32. The van der Waals surface area contributed by atoms with Crippen LogP contribution >= 0.6 is 0 Å². The number of carbonyl (C=O) groups excluding carboxylic acids is 1. The van der Waals surface area contributed by atoms with Gasteiger partial charge in [-0.3, -0.25) is 4.79 Å². The highest BCUT2D eigenvalue weighted by molar-refractivity contribution is 7.89. The van der Waals surface area contributed by atoms with Crippen LogP contribution < -0.4 is 15.8 Å². The predicted octanol–water partition coefficient (Wildman–Crippen LogP) is 3.92. The molecule has 4 rings (SSSR count). The lowest BCUT2D eigenvalue weighted by Crippen LogP contribution is -2.27. The number of sulfonamides is 1. The zero-order chi connectivity index (χ0) is 28.0. The molecule has 202 valence electrons. The Morgan fingerprint density at radius 1 is 1.00 bits per heavy atom. The van der Waals surface area contributed by atoms with E-state index in [0.717, 1.165) is 30.5 Å². The maximum absolute atomic E-state index is 14.0. The minimum Gasteiger partial charge on any atom is -0.365 e. The van der Waals surface area contributed by atoms with Crippen LogP contribution in [0.15, 0.2) is 53.8 Å². The second kappa shape index (κ2) is 9.54. The number of nitrogens with zero attached hydrogens (tertiary/aromatic N) is 3. The van der Waals surface area contributed by atoms with Crippen LogP contribution in [-0.2, 0) is 22.4 Å². The molecule has 3 heterocycles. The van der Waals surface area contributed by atoms with Gasteiger partial charge in [-0.15, -0.1) is 0 Å². The maximum Gasteiger partial charge on any atom is 0.418 e. The third-order valence-electron chi connectivity index (χ3n) is 6.12. The summed E-state index contributed by atoms with van der Waals surface area (Å²) < 4.78 is 104. The number of alkyl halides is 6. The first-order valence-electron chi connectivity index (χ1n) is 10.9. The number of carbonyl (C=O) groups is 1. The van der Waals surface area contributed by atoms with E-state index < -0.39 is 55.6 Å². The highest BCUT2D eigenvalue weighted by Crippen LogP contribution is 2.43. The lowest BCUT2D eigenvalue weighted by Gasteiger charge is -2.24. The van der Waals surface area contributed by atoms with Gasteiger partial charge in [0, 0.05) is 37.0 Å². The number of halogens is 6. The molecule has 1 fully saturated rings. The van der Waals surface area contributed by atoms with Gasteiger partial charge in [-0.2, -0.15) is 26.3 Å². The number of hydrogen-bond acceptors (Lipinski definition) is 6. The number of anilines is 1. The van der Waals surface area contributed by atoms with Crippen LogP contribution in [0.5, 0.6) is 0 Å². The molecule has 1 amide bonds. The number of rotatable bonds is 5. The lowest BCUT2D eigenvalue weighted by molar-refractivity contribution is -0.138. The van der Waals surface area contributed by atoms with E-state index in [1.807, 2.05) is 0 Å². The van der Waals surface area contributed by atoms with Gasteiger partial charge in [0.1, 0.15) is 5.82 Å². The number of primary sulfonamides is 1. The largest absolute Gasteiger partial charge is 0.418 e. The van der Waals surface area contributed by atoms with Crippen LogP contribution in [0.4, 0.5) is 32.2 Å². The van der Waals surface area contributed by atoms with Gasteiger partial charge in [-0.1, -0.05) is 12.1 Å². The van der Waals surface area contributed by atoms with Gasteiger partial charge < -0.3 is 10.6 Å². The highest BCUT2D eigenvalue weighted by atomic mass is 32.2. The fourth-order valence-electron chi connectivity index (χ4n) is 4.38. The summed E-state index contributed by atoms with van der Waals surface area (Å²) in [6, 6.07) is 6.39. The summed E-state index contributed by atoms with van der Waals surface area (Å²) in [7, 11) is -4.40. The average Bonchev–Trinajstić information content (AvgIpc) is 3.32. The van der Waals surface area contributed by atoms with Crippen molar-refractivity contribution >= 4 is 21.7 Å². The van der Waals surface area contributed by atoms with Gasteiger partial charge in [-0.25, -0.2) is 23.5 Å². The Labute approximate surface area is 212 Å². The average molecular weight is 559 g/mol. The van der Waals surface area contributed by atoms with Gasteiger partial charge in [-0.05, 0) is 41.8 Å². The van der Waals surface area contributed by atoms with Crippen LogP contribution in [0, 0.1) is 0 Å². The van der Waals surface area contributed by atoms with Crippen LogP contribution in [-0.4, -0.2) is 37.4 Å². The molecule has 3 aromatic rings. The molecule has 2 aromatic heterocycles. The number of aromatic nitrogens is 2. The highest BCUT2D eigenvalue weighted by Gasteiger charge is 2.39. The first-order valence-corrected chi connectivity index (χ1v) is 12.4. The Morgan fingerprint density at radius 3 is 2.21 bits per heavy atom. The van der Waals surface area contributed by atoms with Gasteiger partial charge in [0.15, 0.2) is 5.03 Å². The summed E-state index contributed by atoms with van der Waals surface area (Å²) >= 11 is 0. The summed E-state index contributed by atoms with van der Waals surface area (Å²) in [5, 5.41) is 4.35. The Kier molecular flexibility index (Phi) is 6.86. The standard InChI is InChI=1S/C23H19F6N5O3S/c24-22(25,26)15-3-1-12(2-4-15)14-6-8-34(11-14)21-19(20(30)35)18(16(10-33-21)23(27,28)29)13-5-7-32-17(9-13)38(31,36)37/h1-5,7,9-10,14H,6,8,11H2,(H2,30,35)(H2,31,36,37). The number of amides is 1. The summed E-state index contributed by atoms with van der Waals surface area (Å²) in [4.78, 5) is 21.5. The Balaban J connectivity index is 1.80. The predicted molar refractivity (Wildman–Crippen MR) is 123 cm³/mol. The zero-order valence-electron chi connectivity index (χ0n) is 19.2. The number of hydrogen-bond donors (Lipinski definition) is 2. The molecule has 1 aliphatic heterocycles. The molecule has 1 aliphatic rings. The van der Waals surface area contributed by atoms with Crippen molar-refractivity contribution in [3.05, 3.63) is 71.0 Å². The molecule has 1 aromatic carbocycles. The van der Waals surface area contributed by atoms with Crippen molar-refractivity contribution < 1.29 is 39.6 Å². The van der Waals surface area contributed by atoms with Gasteiger partial charge in [0.05, 0.1) is 16.7 Å². The Bertz CT molecular complexity index is 1490. The van der Waals surface area contributed by atoms with E-state index in [1.165, 1.54) is 17.0 Å². The van der Waals surface area contributed by atoms with Gasteiger partial charge >= 0.3 is 12.4 Å². The van der Waals surface area contributed by atoms with Gasteiger partial charge in [0.2, 0.25) is 0 Å². The monoisotopic (exact) mass is 559 g/mol. The van der Waals surface area contributed by atoms with Crippen molar-refractivity contribution in [1.29, 1.82) is 0 Å².